The molecule has 1 N–H and O–H groups in total. The molecule has 0 aliphatic rings. The fourth-order valence-electron chi connectivity index (χ4n) is 1.75. The lowest BCUT2D eigenvalue weighted by Crippen LogP contribution is -2.17. The van der Waals surface area contributed by atoms with Gasteiger partial charge in [0, 0.05) is 6.07 Å². The SMILES string of the molecule is O=Nc1cc(O)cc(S(=O)(=O)c2cccc(OC(F)(F)F)c2)c1. The van der Waals surface area contributed by atoms with Gasteiger partial charge in [0.15, 0.2) is 0 Å². The minimum Gasteiger partial charge on any atom is -0.508 e. The van der Waals surface area contributed by atoms with Crippen LogP contribution in [0.25, 0.3) is 0 Å². The average molecular weight is 347 g/mol. The molecular weight excluding hydrogens is 339 g/mol. The first-order valence-corrected chi connectivity index (χ1v) is 7.38. The molecule has 0 unspecified atom stereocenters. The molecule has 0 amide bonds. The molecule has 2 aromatic carbocycles. The summed E-state index contributed by atoms with van der Waals surface area (Å²) in [6, 6.07) is 6.41. The van der Waals surface area contributed by atoms with Gasteiger partial charge in [-0.1, -0.05) is 6.07 Å². The van der Waals surface area contributed by atoms with Crippen molar-refractivity contribution in [3.63, 3.8) is 0 Å². The van der Waals surface area contributed by atoms with Crippen LogP contribution in [0.15, 0.2) is 57.4 Å². The number of hydrogen-bond acceptors (Lipinski definition) is 6. The highest BCUT2D eigenvalue weighted by Crippen LogP contribution is 2.31. The Morgan fingerprint density at radius 3 is 2.35 bits per heavy atom. The smallest absolute Gasteiger partial charge is 0.508 e. The van der Waals surface area contributed by atoms with Crippen LogP contribution in [0.2, 0.25) is 0 Å². The summed E-state index contributed by atoms with van der Waals surface area (Å²) in [5, 5.41) is 11.9. The van der Waals surface area contributed by atoms with Gasteiger partial charge in [0.2, 0.25) is 9.84 Å². The molecule has 0 aromatic heterocycles. The number of halogens is 3. The van der Waals surface area contributed by atoms with Gasteiger partial charge in [-0.25, -0.2) is 8.42 Å². The lowest BCUT2D eigenvalue weighted by atomic mass is 10.3. The molecule has 2 aromatic rings. The lowest BCUT2D eigenvalue weighted by Gasteiger charge is -2.10. The third-order valence-corrected chi connectivity index (χ3v) is 4.37. The van der Waals surface area contributed by atoms with Gasteiger partial charge in [0.1, 0.15) is 17.2 Å². The van der Waals surface area contributed by atoms with Crippen LogP contribution < -0.4 is 4.74 Å². The predicted molar refractivity (Wildman–Crippen MR) is 72.1 cm³/mol. The van der Waals surface area contributed by atoms with Gasteiger partial charge < -0.3 is 9.84 Å². The number of sulfone groups is 1. The van der Waals surface area contributed by atoms with Crippen LogP contribution in [-0.4, -0.2) is 19.9 Å². The van der Waals surface area contributed by atoms with Gasteiger partial charge in [0.05, 0.1) is 9.79 Å². The summed E-state index contributed by atoms with van der Waals surface area (Å²) in [6.45, 7) is 0. The Kier molecular flexibility index (Phi) is 4.28. The van der Waals surface area contributed by atoms with Crippen LogP contribution in [0, 0.1) is 4.91 Å². The molecule has 23 heavy (non-hydrogen) atoms. The highest BCUT2D eigenvalue weighted by Gasteiger charge is 2.31. The maximum absolute atomic E-state index is 12.4. The highest BCUT2D eigenvalue weighted by molar-refractivity contribution is 7.91. The molecule has 0 spiro atoms. The Balaban J connectivity index is 2.50. The van der Waals surface area contributed by atoms with Crippen molar-refractivity contribution in [2.45, 2.75) is 16.2 Å². The van der Waals surface area contributed by atoms with Crippen molar-refractivity contribution in [3.8, 4) is 11.5 Å². The molecule has 0 atom stereocenters. The predicted octanol–water partition coefficient (Wildman–Crippen LogP) is 3.52. The van der Waals surface area contributed by atoms with Gasteiger partial charge in [-0.2, -0.15) is 0 Å². The van der Waals surface area contributed by atoms with E-state index in [-0.39, 0.29) is 5.69 Å². The number of nitrogens with zero attached hydrogens (tertiary/aromatic N) is 1. The number of aromatic hydroxyl groups is 1. The zero-order valence-electron chi connectivity index (χ0n) is 11.1. The maximum Gasteiger partial charge on any atom is 0.573 e. The van der Waals surface area contributed by atoms with E-state index in [1.165, 1.54) is 0 Å². The van der Waals surface area contributed by atoms with E-state index in [0.29, 0.717) is 6.07 Å². The van der Waals surface area contributed by atoms with E-state index in [0.717, 1.165) is 36.4 Å². The van der Waals surface area contributed by atoms with E-state index in [2.05, 4.69) is 9.91 Å². The molecule has 10 heteroatoms. The van der Waals surface area contributed by atoms with Gasteiger partial charge >= 0.3 is 6.36 Å². The molecule has 6 nitrogen and oxygen atoms in total. The molecular formula is C13H8F3NO5S. The van der Waals surface area contributed by atoms with Crippen LogP contribution in [0.3, 0.4) is 0 Å². The van der Waals surface area contributed by atoms with Crippen LogP contribution in [0.4, 0.5) is 18.9 Å². The zero-order valence-corrected chi connectivity index (χ0v) is 11.9. The van der Waals surface area contributed by atoms with Crippen molar-refractivity contribution in [2.75, 3.05) is 0 Å². The summed E-state index contributed by atoms with van der Waals surface area (Å²) in [4.78, 5) is 9.50. The van der Waals surface area contributed by atoms with Crippen molar-refractivity contribution >= 4 is 15.5 Å². The number of ether oxygens (including phenoxy) is 1. The van der Waals surface area contributed by atoms with Crippen molar-refractivity contribution in [3.05, 3.63) is 47.4 Å². The first kappa shape index (κ1) is 16.7. The Morgan fingerprint density at radius 1 is 1.04 bits per heavy atom. The van der Waals surface area contributed by atoms with Crippen LogP contribution in [0.1, 0.15) is 0 Å². The Labute approximate surface area is 128 Å². The number of alkyl halides is 3. The molecule has 0 fully saturated rings. The normalized spacial score (nSPS) is 12.0. The van der Waals surface area contributed by atoms with Crippen LogP contribution >= 0.6 is 0 Å². The summed E-state index contributed by atoms with van der Waals surface area (Å²) in [5.41, 5.74) is -0.341. The number of nitroso groups, excluding NO2 is 1. The fraction of sp³-hybridized carbons (Fsp3) is 0.0769. The van der Waals surface area contributed by atoms with Crippen molar-refractivity contribution in [1.82, 2.24) is 0 Å². The van der Waals surface area contributed by atoms with E-state index < -0.39 is 37.5 Å². The number of phenols is 1. The molecule has 2 rings (SSSR count). The molecule has 0 radical (unpaired) electrons. The lowest BCUT2D eigenvalue weighted by molar-refractivity contribution is -0.274. The Bertz CT molecular complexity index is 849. The molecule has 122 valence electrons. The highest BCUT2D eigenvalue weighted by atomic mass is 32.2. The fourth-order valence-corrected chi connectivity index (χ4v) is 3.10. The van der Waals surface area contributed by atoms with Crippen molar-refractivity contribution in [1.29, 1.82) is 0 Å². The number of benzene rings is 2. The topological polar surface area (TPSA) is 93.0 Å². The van der Waals surface area contributed by atoms with Crippen molar-refractivity contribution in [2.24, 2.45) is 5.18 Å². The molecule has 0 aliphatic heterocycles. The van der Waals surface area contributed by atoms with E-state index >= 15 is 0 Å². The molecule has 0 heterocycles. The van der Waals surface area contributed by atoms with E-state index in [1.807, 2.05) is 0 Å². The minimum absolute atomic E-state index is 0.341. The third kappa shape index (κ3) is 3.97. The average Bonchev–Trinajstić information content (AvgIpc) is 2.45. The van der Waals surface area contributed by atoms with Gasteiger partial charge in [-0.15, -0.1) is 18.1 Å². The van der Waals surface area contributed by atoms with E-state index in [4.69, 9.17) is 0 Å². The third-order valence-electron chi connectivity index (χ3n) is 2.64. The second-order valence-corrected chi connectivity index (χ2v) is 6.25. The second-order valence-electron chi connectivity index (χ2n) is 4.30. The second kappa shape index (κ2) is 5.88. The maximum atomic E-state index is 12.4. The number of hydrogen-bond donors (Lipinski definition) is 1. The summed E-state index contributed by atoms with van der Waals surface area (Å²) in [7, 11) is -4.28. The number of rotatable bonds is 4. The zero-order chi connectivity index (χ0) is 17.3. The summed E-state index contributed by atoms with van der Waals surface area (Å²) < 4.78 is 65.0. The van der Waals surface area contributed by atoms with Crippen molar-refractivity contribution < 1.29 is 31.4 Å². The monoisotopic (exact) mass is 347 g/mol. The van der Waals surface area contributed by atoms with Crippen LogP contribution in [-0.2, 0) is 9.84 Å². The van der Waals surface area contributed by atoms with Gasteiger partial charge in [0.25, 0.3) is 0 Å². The van der Waals surface area contributed by atoms with Gasteiger partial charge in [-0.3, -0.25) is 0 Å². The van der Waals surface area contributed by atoms with E-state index in [1.54, 1.807) is 0 Å². The minimum atomic E-state index is -4.97. The molecule has 0 saturated heterocycles. The van der Waals surface area contributed by atoms with Gasteiger partial charge in [-0.05, 0) is 35.5 Å². The first-order valence-electron chi connectivity index (χ1n) is 5.90. The van der Waals surface area contributed by atoms with Crippen LogP contribution in [0.5, 0.6) is 11.5 Å². The molecule has 0 aliphatic carbocycles. The standard InChI is InChI=1S/C13H8F3NO5S/c14-13(15,16)22-10-2-1-3-11(7-10)23(20,21)12-5-8(17-19)4-9(18)6-12/h1-7,18H. The summed E-state index contributed by atoms with van der Waals surface area (Å²) in [5.74, 6) is -1.24. The largest absolute Gasteiger partial charge is 0.573 e. The number of phenolic OH excluding ortho intramolecular Hbond substituents is 1. The Hall–Kier alpha value is -2.62. The molecule has 0 bridgehead atoms. The summed E-state index contributed by atoms with van der Waals surface area (Å²) in [6.07, 6.45) is -4.97. The van der Waals surface area contributed by atoms with E-state index in [9.17, 15) is 31.6 Å². The Morgan fingerprint density at radius 2 is 1.74 bits per heavy atom. The first-order chi connectivity index (χ1) is 10.6. The quantitative estimate of drug-likeness (QED) is 0.854. The summed E-state index contributed by atoms with van der Waals surface area (Å²) >= 11 is 0. The molecule has 0 saturated carbocycles.